The number of carbonyl (C=O) groups excluding carboxylic acids is 1. The molecule has 0 heterocycles. The summed E-state index contributed by atoms with van der Waals surface area (Å²) in [5, 5.41) is 0. The largest absolute Gasteiger partial charge is 0.294 e. The van der Waals surface area contributed by atoms with Crippen molar-refractivity contribution in [2.45, 2.75) is 12.7 Å². The van der Waals surface area contributed by atoms with Crippen LogP contribution in [0.5, 0.6) is 0 Å². The standard InChI is InChI=1S/C11H15OS/c1-9(12)11-7-5-4-6-10(11)8-13(2)3/h4-7H,8H2,1-3H3/q+1. The zero-order chi connectivity index (χ0) is 9.84. The van der Waals surface area contributed by atoms with E-state index >= 15 is 0 Å². The Labute approximate surface area is 82.5 Å². The molecular formula is C11H15OS+. The van der Waals surface area contributed by atoms with E-state index in [0.29, 0.717) is 10.9 Å². The summed E-state index contributed by atoms with van der Waals surface area (Å²) < 4.78 is 0. The van der Waals surface area contributed by atoms with Crippen molar-refractivity contribution in [1.29, 1.82) is 0 Å². The monoisotopic (exact) mass is 195 g/mol. The van der Waals surface area contributed by atoms with Gasteiger partial charge in [0, 0.05) is 11.1 Å². The molecule has 0 unspecified atom stereocenters. The highest BCUT2D eigenvalue weighted by atomic mass is 32.2. The second-order valence-electron chi connectivity index (χ2n) is 3.34. The number of ketones is 1. The second-order valence-corrected chi connectivity index (χ2v) is 5.60. The van der Waals surface area contributed by atoms with Gasteiger partial charge in [0.15, 0.2) is 5.78 Å². The van der Waals surface area contributed by atoms with Crippen LogP contribution < -0.4 is 0 Å². The van der Waals surface area contributed by atoms with E-state index in [1.165, 1.54) is 5.56 Å². The number of hydrogen-bond donors (Lipinski definition) is 0. The Morgan fingerprint density at radius 3 is 2.46 bits per heavy atom. The zero-order valence-corrected chi connectivity index (χ0v) is 9.15. The molecule has 0 saturated carbocycles. The van der Waals surface area contributed by atoms with Crippen molar-refractivity contribution in [3.8, 4) is 0 Å². The molecule has 0 aliphatic carbocycles. The fourth-order valence-corrected chi connectivity index (χ4v) is 2.17. The van der Waals surface area contributed by atoms with Gasteiger partial charge in [-0.25, -0.2) is 0 Å². The fourth-order valence-electron chi connectivity index (χ4n) is 1.30. The Balaban J connectivity index is 2.98. The van der Waals surface area contributed by atoms with E-state index in [4.69, 9.17) is 0 Å². The predicted octanol–water partition coefficient (Wildman–Crippen LogP) is 2.27. The van der Waals surface area contributed by atoms with Gasteiger partial charge in [0.1, 0.15) is 5.75 Å². The molecule has 0 bridgehead atoms. The fraction of sp³-hybridized carbons (Fsp3) is 0.364. The lowest BCUT2D eigenvalue weighted by Crippen LogP contribution is -2.05. The average Bonchev–Trinajstić information content (AvgIpc) is 2.03. The van der Waals surface area contributed by atoms with Crippen LogP contribution in [0.15, 0.2) is 24.3 Å². The molecule has 1 nitrogen and oxygen atoms in total. The SMILES string of the molecule is CC(=O)c1ccccc1C[S+](C)C. The molecular weight excluding hydrogens is 180 g/mol. The molecule has 0 aliphatic rings. The molecule has 70 valence electrons. The van der Waals surface area contributed by atoms with Gasteiger partial charge in [-0.1, -0.05) is 24.3 Å². The van der Waals surface area contributed by atoms with Gasteiger partial charge in [0.25, 0.3) is 0 Å². The summed E-state index contributed by atoms with van der Waals surface area (Å²) in [6.45, 7) is 1.63. The molecule has 0 N–H and O–H groups in total. The molecule has 0 fully saturated rings. The van der Waals surface area contributed by atoms with Gasteiger partial charge in [-0.15, -0.1) is 0 Å². The molecule has 0 amide bonds. The van der Waals surface area contributed by atoms with Crippen LogP contribution in [-0.4, -0.2) is 18.3 Å². The first-order chi connectivity index (χ1) is 6.11. The quantitative estimate of drug-likeness (QED) is 0.534. The molecule has 13 heavy (non-hydrogen) atoms. The van der Waals surface area contributed by atoms with E-state index < -0.39 is 0 Å². The van der Waals surface area contributed by atoms with E-state index in [-0.39, 0.29) is 5.78 Å². The van der Waals surface area contributed by atoms with Crippen molar-refractivity contribution in [3.05, 3.63) is 35.4 Å². The normalized spacial score (nSPS) is 10.5. The van der Waals surface area contributed by atoms with Gasteiger partial charge >= 0.3 is 0 Å². The molecule has 2 heteroatoms. The Kier molecular flexibility index (Phi) is 3.55. The van der Waals surface area contributed by atoms with Crippen molar-refractivity contribution in [2.75, 3.05) is 12.5 Å². The molecule has 1 aromatic carbocycles. The van der Waals surface area contributed by atoms with Crippen LogP contribution in [0.4, 0.5) is 0 Å². The van der Waals surface area contributed by atoms with Gasteiger partial charge in [0.05, 0.1) is 12.5 Å². The van der Waals surface area contributed by atoms with Crippen LogP contribution in [0.2, 0.25) is 0 Å². The highest BCUT2D eigenvalue weighted by Crippen LogP contribution is 2.12. The Morgan fingerprint density at radius 1 is 1.31 bits per heavy atom. The lowest BCUT2D eigenvalue weighted by Gasteiger charge is -2.03. The summed E-state index contributed by atoms with van der Waals surface area (Å²) in [7, 11) is 0.354. The van der Waals surface area contributed by atoms with Gasteiger partial charge in [-0.3, -0.25) is 4.79 Å². The highest BCUT2D eigenvalue weighted by Gasteiger charge is 2.11. The maximum Gasteiger partial charge on any atom is 0.160 e. The van der Waals surface area contributed by atoms with Crippen LogP contribution in [-0.2, 0) is 16.6 Å². The first-order valence-electron chi connectivity index (χ1n) is 4.24. The van der Waals surface area contributed by atoms with Crippen LogP contribution in [0, 0.1) is 0 Å². The molecule has 0 atom stereocenters. The second kappa shape index (κ2) is 4.47. The van der Waals surface area contributed by atoms with Gasteiger partial charge in [-0.2, -0.15) is 0 Å². The van der Waals surface area contributed by atoms with E-state index in [0.717, 1.165) is 11.3 Å². The molecule has 0 radical (unpaired) electrons. The van der Waals surface area contributed by atoms with E-state index in [9.17, 15) is 4.79 Å². The number of hydrogen-bond acceptors (Lipinski definition) is 1. The first kappa shape index (κ1) is 10.3. The van der Waals surface area contributed by atoms with Crippen molar-refractivity contribution in [2.24, 2.45) is 0 Å². The molecule has 1 rings (SSSR count). The first-order valence-corrected chi connectivity index (χ1v) is 6.45. The minimum Gasteiger partial charge on any atom is -0.294 e. The molecule has 0 aliphatic heterocycles. The van der Waals surface area contributed by atoms with Crippen LogP contribution in [0.1, 0.15) is 22.8 Å². The molecule has 0 spiro atoms. The predicted molar refractivity (Wildman–Crippen MR) is 59.4 cm³/mol. The third-order valence-electron chi connectivity index (χ3n) is 1.84. The van der Waals surface area contributed by atoms with Crippen molar-refractivity contribution in [3.63, 3.8) is 0 Å². The summed E-state index contributed by atoms with van der Waals surface area (Å²) in [4.78, 5) is 11.3. The maximum atomic E-state index is 11.3. The third-order valence-corrected chi connectivity index (χ3v) is 2.73. The number of rotatable bonds is 3. The lowest BCUT2D eigenvalue weighted by atomic mass is 10.1. The molecule has 0 aromatic heterocycles. The van der Waals surface area contributed by atoms with E-state index in [2.05, 4.69) is 12.5 Å². The Hall–Kier alpha value is -0.760. The van der Waals surface area contributed by atoms with Gasteiger partial charge in [0.2, 0.25) is 0 Å². The van der Waals surface area contributed by atoms with Crippen LogP contribution in [0.3, 0.4) is 0 Å². The van der Waals surface area contributed by atoms with E-state index in [1.54, 1.807) is 6.92 Å². The third kappa shape index (κ3) is 2.88. The minimum atomic E-state index is 0.168. The van der Waals surface area contributed by atoms with E-state index in [1.807, 2.05) is 24.3 Å². The van der Waals surface area contributed by atoms with Crippen molar-refractivity contribution in [1.82, 2.24) is 0 Å². The van der Waals surface area contributed by atoms with Crippen LogP contribution in [0.25, 0.3) is 0 Å². The Morgan fingerprint density at radius 2 is 1.92 bits per heavy atom. The number of carbonyl (C=O) groups is 1. The van der Waals surface area contributed by atoms with Crippen LogP contribution >= 0.6 is 0 Å². The summed E-state index contributed by atoms with van der Waals surface area (Å²) >= 11 is 0. The topological polar surface area (TPSA) is 17.1 Å². The van der Waals surface area contributed by atoms with Crippen molar-refractivity contribution < 1.29 is 4.79 Å². The number of Topliss-reactive ketones (excluding diaryl/α,β-unsaturated/α-hetero) is 1. The molecule has 0 saturated heterocycles. The average molecular weight is 195 g/mol. The maximum absolute atomic E-state index is 11.3. The van der Waals surface area contributed by atoms with Crippen molar-refractivity contribution >= 4 is 16.7 Å². The van der Waals surface area contributed by atoms with Gasteiger partial charge < -0.3 is 0 Å². The lowest BCUT2D eigenvalue weighted by molar-refractivity contribution is 0.101. The summed E-state index contributed by atoms with van der Waals surface area (Å²) in [5.41, 5.74) is 2.06. The van der Waals surface area contributed by atoms with Gasteiger partial charge in [-0.05, 0) is 17.8 Å². The number of benzene rings is 1. The molecule has 1 aromatic rings. The minimum absolute atomic E-state index is 0.168. The zero-order valence-electron chi connectivity index (χ0n) is 8.33. The smallest absolute Gasteiger partial charge is 0.160 e. The summed E-state index contributed by atoms with van der Waals surface area (Å²) in [5.74, 6) is 1.18. The summed E-state index contributed by atoms with van der Waals surface area (Å²) in [6, 6.07) is 7.87. The summed E-state index contributed by atoms with van der Waals surface area (Å²) in [6.07, 6.45) is 4.38. The Bertz CT molecular complexity index is 305. The highest BCUT2D eigenvalue weighted by molar-refractivity contribution is 7.94.